The van der Waals surface area contributed by atoms with E-state index in [1.807, 2.05) is 24.3 Å². The molecule has 0 saturated carbocycles. The summed E-state index contributed by atoms with van der Waals surface area (Å²) in [5.74, 6) is 0.782. The van der Waals surface area contributed by atoms with Gasteiger partial charge in [0.05, 0.1) is 17.0 Å². The Hall–Kier alpha value is -0.780. The molecule has 0 bridgehead atoms. The number of para-hydroxylation sites is 1. The lowest BCUT2D eigenvalue weighted by Gasteiger charge is -2.38. The van der Waals surface area contributed by atoms with Crippen LogP contribution in [0.3, 0.4) is 0 Å². The summed E-state index contributed by atoms with van der Waals surface area (Å²) in [7, 11) is -1.43. The molecule has 0 aliphatic carbocycles. The van der Waals surface area contributed by atoms with Gasteiger partial charge in [-0.3, -0.25) is 4.99 Å². The quantitative estimate of drug-likeness (QED) is 0.274. The van der Waals surface area contributed by atoms with Gasteiger partial charge in [-0.25, -0.2) is 13.1 Å². The zero-order valence-corrected chi connectivity index (χ0v) is 18.3. The van der Waals surface area contributed by atoms with E-state index in [0.717, 1.165) is 49.1 Å². The number of anilines is 1. The van der Waals surface area contributed by atoms with Crippen molar-refractivity contribution in [3.8, 4) is 0 Å². The van der Waals surface area contributed by atoms with Crippen LogP contribution in [0.2, 0.25) is 5.02 Å². The first-order valence-corrected chi connectivity index (χ1v) is 10.1. The zero-order chi connectivity index (χ0) is 17.6. The lowest BCUT2D eigenvalue weighted by molar-refractivity contribution is 0.373. The van der Waals surface area contributed by atoms with Crippen molar-refractivity contribution in [2.45, 2.75) is 0 Å². The number of nitrogens with zero attached hydrogens (tertiary/aromatic N) is 3. The van der Waals surface area contributed by atoms with Gasteiger partial charge in [-0.2, -0.15) is 0 Å². The van der Waals surface area contributed by atoms with Crippen LogP contribution in [-0.2, 0) is 10.0 Å². The summed E-state index contributed by atoms with van der Waals surface area (Å²) < 4.78 is 24.6. The van der Waals surface area contributed by atoms with Gasteiger partial charge in [0.1, 0.15) is 0 Å². The number of nitrogens with one attached hydrogen (secondary N) is 2. The monoisotopic (exact) mass is 501 g/mol. The standard InChI is InChI=1S/C15H24ClN5O2S.HI/c1-17-15(18-7-8-19-24(2,22)23)21-11-9-20(10-12-21)14-6-4-3-5-13(14)16;/h3-6,19H,7-12H2,1-2H3,(H,17,18);1H. The first-order chi connectivity index (χ1) is 11.4. The maximum atomic E-state index is 11.0. The minimum Gasteiger partial charge on any atom is -0.367 e. The summed E-state index contributed by atoms with van der Waals surface area (Å²) in [6.45, 7) is 4.18. The number of aliphatic imine (C=N–C) groups is 1. The fraction of sp³-hybridized carbons (Fsp3) is 0.533. The molecular weight excluding hydrogens is 477 g/mol. The van der Waals surface area contributed by atoms with E-state index in [1.165, 1.54) is 0 Å². The molecule has 0 aromatic heterocycles. The van der Waals surface area contributed by atoms with Crippen LogP contribution in [0.4, 0.5) is 5.69 Å². The molecule has 7 nitrogen and oxygen atoms in total. The number of halogens is 2. The second-order valence-electron chi connectivity index (χ2n) is 5.57. The summed E-state index contributed by atoms with van der Waals surface area (Å²) in [6.07, 6.45) is 1.15. The summed E-state index contributed by atoms with van der Waals surface area (Å²) in [6, 6.07) is 7.85. The average Bonchev–Trinajstić information content (AvgIpc) is 2.55. The fourth-order valence-corrected chi connectivity index (χ4v) is 3.34. The highest BCUT2D eigenvalue weighted by atomic mass is 127. The SMILES string of the molecule is CN=C(NCCNS(C)(=O)=O)N1CCN(c2ccccc2Cl)CC1.I. The van der Waals surface area contributed by atoms with E-state index in [-0.39, 0.29) is 24.0 Å². The second-order valence-corrected chi connectivity index (χ2v) is 7.81. The number of piperazine rings is 1. The van der Waals surface area contributed by atoms with Crippen LogP contribution in [0, 0.1) is 0 Å². The van der Waals surface area contributed by atoms with E-state index in [9.17, 15) is 8.42 Å². The Balaban J connectivity index is 0.00000312. The first-order valence-electron chi connectivity index (χ1n) is 7.80. The van der Waals surface area contributed by atoms with Crippen LogP contribution >= 0.6 is 35.6 Å². The normalized spacial score (nSPS) is 15.7. The third-order valence-corrected chi connectivity index (χ3v) is 4.80. The van der Waals surface area contributed by atoms with Crippen molar-refractivity contribution >= 4 is 57.2 Å². The van der Waals surface area contributed by atoms with Gasteiger partial charge in [-0.05, 0) is 12.1 Å². The third-order valence-electron chi connectivity index (χ3n) is 3.76. The molecule has 2 N–H and O–H groups in total. The van der Waals surface area contributed by atoms with E-state index < -0.39 is 10.0 Å². The maximum absolute atomic E-state index is 11.0. The van der Waals surface area contributed by atoms with E-state index >= 15 is 0 Å². The lowest BCUT2D eigenvalue weighted by Crippen LogP contribution is -2.53. The van der Waals surface area contributed by atoms with E-state index in [4.69, 9.17) is 11.6 Å². The van der Waals surface area contributed by atoms with Crippen LogP contribution in [0.15, 0.2) is 29.3 Å². The number of rotatable bonds is 5. The molecule has 1 saturated heterocycles. The van der Waals surface area contributed by atoms with Crippen molar-refractivity contribution in [3.05, 3.63) is 29.3 Å². The largest absolute Gasteiger partial charge is 0.367 e. The molecule has 1 aromatic rings. The average molecular weight is 502 g/mol. The number of guanidine groups is 1. The predicted octanol–water partition coefficient (Wildman–Crippen LogP) is 1.20. The maximum Gasteiger partial charge on any atom is 0.208 e. The van der Waals surface area contributed by atoms with E-state index in [0.29, 0.717) is 13.1 Å². The molecule has 1 aliphatic rings. The molecule has 1 heterocycles. The molecule has 2 rings (SSSR count). The number of sulfonamides is 1. The Morgan fingerprint density at radius 3 is 2.40 bits per heavy atom. The molecule has 1 fully saturated rings. The molecule has 0 amide bonds. The summed E-state index contributed by atoms with van der Waals surface area (Å²) in [4.78, 5) is 8.69. The lowest BCUT2D eigenvalue weighted by atomic mass is 10.2. The zero-order valence-electron chi connectivity index (χ0n) is 14.4. The Morgan fingerprint density at radius 2 is 1.84 bits per heavy atom. The molecule has 25 heavy (non-hydrogen) atoms. The van der Waals surface area contributed by atoms with Crippen LogP contribution < -0.4 is 14.9 Å². The van der Waals surface area contributed by atoms with Gasteiger partial charge >= 0.3 is 0 Å². The number of hydrogen-bond acceptors (Lipinski definition) is 4. The molecule has 1 aromatic carbocycles. The van der Waals surface area contributed by atoms with Gasteiger partial charge in [0.15, 0.2) is 5.96 Å². The van der Waals surface area contributed by atoms with Crippen LogP contribution in [0.5, 0.6) is 0 Å². The Labute approximate surface area is 171 Å². The minimum absolute atomic E-state index is 0. The summed E-state index contributed by atoms with van der Waals surface area (Å²) in [5.41, 5.74) is 1.05. The smallest absolute Gasteiger partial charge is 0.208 e. The van der Waals surface area contributed by atoms with Gasteiger partial charge in [0.2, 0.25) is 10.0 Å². The molecule has 0 atom stereocenters. The van der Waals surface area contributed by atoms with Crippen LogP contribution in [0.1, 0.15) is 0 Å². The van der Waals surface area contributed by atoms with E-state index in [1.54, 1.807) is 7.05 Å². The van der Waals surface area contributed by atoms with Crippen molar-refractivity contribution in [2.75, 3.05) is 57.5 Å². The number of benzene rings is 1. The van der Waals surface area contributed by atoms with Gasteiger partial charge < -0.3 is 15.1 Å². The minimum atomic E-state index is -3.16. The Kier molecular flexibility index (Phi) is 9.25. The second kappa shape index (κ2) is 10.4. The van der Waals surface area contributed by atoms with Gasteiger partial charge in [-0.15, -0.1) is 24.0 Å². The Bertz CT molecular complexity index is 678. The van der Waals surface area contributed by atoms with Gasteiger partial charge in [0.25, 0.3) is 0 Å². The van der Waals surface area contributed by atoms with Crippen LogP contribution in [0.25, 0.3) is 0 Å². The van der Waals surface area contributed by atoms with Crippen molar-refractivity contribution < 1.29 is 8.42 Å². The molecular formula is C15H25ClIN5O2S. The number of hydrogen-bond donors (Lipinski definition) is 2. The fourth-order valence-electron chi connectivity index (χ4n) is 2.61. The molecule has 10 heteroatoms. The van der Waals surface area contributed by atoms with Crippen molar-refractivity contribution in [1.82, 2.24) is 14.9 Å². The van der Waals surface area contributed by atoms with Crippen molar-refractivity contribution in [3.63, 3.8) is 0 Å². The highest BCUT2D eigenvalue weighted by Gasteiger charge is 2.20. The highest BCUT2D eigenvalue weighted by Crippen LogP contribution is 2.25. The first kappa shape index (κ1) is 22.3. The molecule has 142 valence electrons. The van der Waals surface area contributed by atoms with Crippen molar-refractivity contribution in [1.29, 1.82) is 0 Å². The van der Waals surface area contributed by atoms with Gasteiger partial charge in [-0.1, -0.05) is 23.7 Å². The molecule has 0 radical (unpaired) electrons. The summed E-state index contributed by atoms with van der Waals surface area (Å²) in [5, 5.41) is 3.95. The molecule has 0 unspecified atom stereocenters. The van der Waals surface area contributed by atoms with E-state index in [2.05, 4.69) is 24.8 Å². The highest BCUT2D eigenvalue weighted by molar-refractivity contribution is 14.0. The predicted molar refractivity (Wildman–Crippen MR) is 115 cm³/mol. The Morgan fingerprint density at radius 1 is 1.20 bits per heavy atom. The van der Waals surface area contributed by atoms with Gasteiger partial charge in [0, 0.05) is 46.3 Å². The molecule has 1 aliphatic heterocycles. The van der Waals surface area contributed by atoms with Crippen LogP contribution in [-0.4, -0.2) is 71.8 Å². The third kappa shape index (κ3) is 7.16. The summed E-state index contributed by atoms with van der Waals surface area (Å²) >= 11 is 6.26. The topological polar surface area (TPSA) is 77.0 Å². The molecule has 0 spiro atoms. The van der Waals surface area contributed by atoms with Crippen molar-refractivity contribution in [2.24, 2.45) is 4.99 Å².